The maximum atomic E-state index is 12.9. The summed E-state index contributed by atoms with van der Waals surface area (Å²) < 4.78 is 32.9. The van der Waals surface area contributed by atoms with Gasteiger partial charge < -0.3 is 14.5 Å². The van der Waals surface area contributed by atoms with E-state index in [-0.39, 0.29) is 40.9 Å². The number of sulfonamides is 1. The molecule has 2 amide bonds. The third-order valence-corrected chi connectivity index (χ3v) is 7.71. The van der Waals surface area contributed by atoms with Gasteiger partial charge in [0.1, 0.15) is 0 Å². The summed E-state index contributed by atoms with van der Waals surface area (Å²) in [7, 11) is -3.53. The average Bonchev–Trinajstić information content (AvgIpc) is 3.55. The Hall–Kier alpha value is -1.97. The minimum atomic E-state index is -3.53. The normalized spacial score (nSPS) is 25.5. The molecule has 1 aliphatic carbocycles. The first kappa shape index (κ1) is 22.2. The third kappa shape index (κ3) is 5.27. The van der Waals surface area contributed by atoms with E-state index in [1.807, 2.05) is 18.7 Å². The molecular weight excluding hydrogens is 418 g/mol. The Morgan fingerprint density at radius 2 is 1.52 bits per heavy atom. The van der Waals surface area contributed by atoms with Gasteiger partial charge in [0.15, 0.2) is 0 Å². The van der Waals surface area contributed by atoms with Crippen LogP contribution in [0.3, 0.4) is 0 Å². The Morgan fingerprint density at radius 1 is 0.935 bits per heavy atom. The quantitative estimate of drug-likeness (QED) is 0.737. The van der Waals surface area contributed by atoms with Gasteiger partial charge >= 0.3 is 0 Å². The summed E-state index contributed by atoms with van der Waals surface area (Å²) in [5.74, 6) is -0.0343. The van der Waals surface area contributed by atoms with E-state index < -0.39 is 10.0 Å². The van der Waals surface area contributed by atoms with Crippen molar-refractivity contribution in [2.24, 2.45) is 5.92 Å². The first-order valence-electron chi connectivity index (χ1n) is 11.1. The molecule has 0 spiro atoms. The van der Waals surface area contributed by atoms with Gasteiger partial charge in [0, 0.05) is 43.7 Å². The second-order valence-corrected chi connectivity index (χ2v) is 10.7. The van der Waals surface area contributed by atoms with Crippen LogP contribution < -0.4 is 4.72 Å². The van der Waals surface area contributed by atoms with Crippen LogP contribution in [-0.4, -0.2) is 74.5 Å². The van der Waals surface area contributed by atoms with Crippen LogP contribution in [0.2, 0.25) is 0 Å². The highest BCUT2D eigenvalue weighted by Crippen LogP contribution is 2.25. The number of ether oxygens (including phenoxy) is 1. The van der Waals surface area contributed by atoms with Gasteiger partial charge in [-0.15, -0.1) is 0 Å². The topological polar surface area (TPSA) is 96.0 Å². The van der Waals surface area contributed by atoms with Crippen LogP contribution in [0, 0.1) is 5.92 Å². The van der Waals surface area contributed by atoms with E-state index in [4.69, 9.17) is 4.74 Å². The SMILES string of the molecule is C[C@@H]1CN(C(=O)C2CCN(C(=O)c3ccc(S(=O)(=O)NC4CC4)cc3)CC2)C[C@H](C)O1. The number of nitrogens with one attached hydrogen (secondary N) is 1. The number of hydrogen-bond donors (Lipinski definition) is 1. The second kappa shape index (κ2) is 8.88. The number of piperidine rings is 1. The van der Waals surface area contributed by atoms with E-state index in [9.17, 15) is 18.0 Å². The zero-order valence-electron chi connectivity index (χ0n) is 18.1. The lowest BCUT2D eigenvalue weighted by Gasteiger charge is -2.39. The Labute approximate surface area is 184 Å². The van der Waals surface area contributed by atoms with Gasteiger partial charge in [-0.1, -0.05) is 0 Å². The van der Waals surface area contributed by atoms with Gasteiger partial charge in [-0.3, -0.25) is 9.59 Å². The molecule has 1 N–H and O–H groups in total. The van der Waals surface area contributed by atoms with Crippen LogP contribution in [0.5, 0.6) is 0 Å². The number of benzene rings is 1. The standard InChI is InChI=1S/C22H31N3O5S/c1-15-13-25(14-16(2)30-15)22(27)18-9-11-24(12-10-18)21(26)17-3-7-20(8-4-17)31(28,29)23-19-5-6-19/h3-4,7-8,15-16,18-19,23H,5-6,9-14H2,1-2H3/t15-,16+. The zero-order valence-corrected chi connectivity index (χ0v) is 18.9. The minimum Gasteiger partial charge on any atom is -0.372 e. The van der Waals surface area contributed by atoms with E-state index in [1.165, 1.54) is 12.1 Å². The summed E-state index contributed by atoms with van der Waals surface area (Å²) >= 11 is 0. The highest BCUT2D eigenvalue weighted by atomic mass is 32.2. The van der Waals surface area contributed by atoms with Crippen molar-refractivity contribution in [2.45, 2.75) is 62.7 Å². The predicted molar refractivity (Wildman–Crippen MR) is 115 cm³/mol. The van der Waals surface area contributed by atoms with Gasteiger partial charge in [-0.25, -0.2) is 13.1 Å². The van der Waals surface area contributed by atoms with Gasteiger partial charge in [-0.05, 0) is 63.8 Å². The average molecular weight is 450 g/mol. The number of rotatable bonds is 5. The molecule has 2 saturated heterocycles. The first-order valence-corrected chi connectivity index (χ1v) is 12.6. The Balaban J connectivity index is 1.32. The first-order chi connectivity index (χ1) is 14.7. The van der Waals surface area contributed by atoms with Crippen molar-refractivity contribution in [3.63, 3.8) is 0 Å². The number of carbonyl (C=O) groups excluding carboxylic acids is 2. The highest BCUT2D eigenvalue weighted by molar-refractivity contribution is 7.89. The van der Waals surface area contributed by atoms with Crippen LogP contribution >= 0.6 is 0 Å². The van der Waals surface area contributed by atoms with Crippen LogP contribution in [0.1, 0.15) is 49.9 Å². The summed E-state index contributed by atoms with van der Waals surface area (Å²) in [6, 6.07) is 6.14. The van der Waals surface area contributed by atoms with Crippen molar-refractivity contribution < 1.29 is 22.7 Å². The van der Waals surface area contributed by atoms with Crippen LogP contribution in [0.25, 0.3) is 0 Å². The largest absolute Gasteiger partial charge is 0.372 e. The summed E-state index contributed by atoms with van der Waals surface area (Å²) in [4.78, 5) is 29.6. The molecule has 1 saturated carbocycles. The smallest absolute Gasteiger partial charge is 0.253 e. The Morgan fingerprint density at radius 3 is 2.06 bits per heavy atom. The zero-order chi connectivity index (χ0) is 22.2. The van der Waals surface area contributed by atoms with E-state index >= 15 is 0 Å². The number of carbonyl (C=O) groups is 2. The van der Waals surface area contributed by atoms with E-state index in [0.29, 0.717) is 44.6 Å². The Bertz CT molecular complexity index is 911. The molecule has 0 bridgehead atoms. The van der Waals surface area contributed by atoms with E-state index in [1.54, 1.807) is 17.0 Å². The van der Waals surface area contributed by atoms with Gasteiger partial charge in [-0.2, -0.15) is 0 Å². The number of nitrogens with zero attached hydrogens (tertiary/aromatic N) is 2. The fraction of sp³-hybridized carbons (Fsp3) is 0.636. The van der Waals surface area contributed by atoms with Gasteiger partial charge in [0.05, 0.1) is 17.1 Å². The molecule has 31 heavy (non-hydrogen) atoms. The van der Waals surface area contributed by atoms with E-state index in [2.05, 4.69) is 4.72 Å². The third-order valence-electron chi connectivity index (χ3n) is 6.17. The molecule has 0 radical (unpaired) electrons. The molecule has 9 heteroatoms. The number of likely N-dealkylation sites (tertiary alicyclic amines) is 1. The number of morpholine rings is 1. The molecule has 1 aromatic rings. The lowest BCUT2D eigenvalue weighted by atomic mass is 9.94. The minimum absolute atomic E-state index is 0.0409. The van der Waals surface area contributed by atoms with Crippen molar-refractivity contribution in [1.29, 1.82) is 0 Å². The molecule has 8 nitrogen and oxygen atoms in total. The number of hydrogen-bond acceptors (Lipinski definition) is 5. The fourth-order valence-electron chi connectivity index (χ4n) is 4.39. The fourth-order valence-corrected chi connectivity index (χ4v) is 5.70. The van der Waals surface area contributed by atoms with Crippen molar-refractivity contribution in [3.8, 4) is 0 Å². The van der Waals surface area contributed by atoms with Crippen molar-refractivity contribution in [1.82, 2.24) is 14.5 Å². The van der Waals surface area contributed by atoms with Crippen LogP contribution in [0.4, 0.5) is 0 Å². The maximum Gasteiger partial charge on any atom is 0.253 e. The van der Waals surface area contributed by atoms with Crippen molar-refractivity contribution >= 4 is 21.8 Å². The van der Waals surface area contributed by atoms with Crippen molar-refractivity contribution in [3.05, 3.63) is 29.8 Å². The number of amides is 2. The molecule has 0 unspecified atom stereocenters. The van der Waals surface area contributed by atoms with Crippen molar-refractivity contribution in [2.75, 3.05) is 26.2 Å². The molecule has 3 aliphatic rings. The van der Waals surface area contributed by atoms with Gasteiger partial charge in [0.25, 0.3) is 5.91 Å². The second-order valence-electron chi connectivity index (χ2n) is 8.99. The molecule has 2 atom stereocenters. The summed E-state index contributed by atoms with van der Waals surface area (Å²) in [6.45, 7) is 6.24. The van der Waals surface area contributed by atoms with Gasteiger partial charge in [0.2, 0.25) is 15.9 Å². The Kier molecular flexibility index (Phi) is 6.37. The molecular formula is C22H31N3O5S. The maximum absolute atomic E-state index is 12.9. The summed E-state index contributed by atoms with van der Waals surface area (Å²) in [5.41, 5.74) is 0.464. The molecule has 2 aliphatic heterocycles. The molecule has 1 aromatic carbocycles. The highest BCUT2D eigenvalue weighted by Gasteiger charge is 2.34. The van der Waals surface area contributed by atoms with E-state index in [0.717, 1.165) is 12.8 Å². The summed E-state index contributed by atoms with van der Waals surface area (Å²) in [6.07, 6.45) is 3.11. The molecule has 4 rings (SSSR count). The molecule has 2 heterocycles. The van der Waals surface area contributed by atoms with Crippen LogP contribution in [-0.2, 0) is 19.6 Å². The monoisotopic (exact) mass is 449 g/mol. The molecule has 3 fully saturated rings. The molecule has 170 valence electrons. The lowest BCUT2D eigenvalue weighted by molar-refractivity contribution is -0.148. The molecule has 0 aromatic heterocycles. The summed E-state index contributed by atoms with van der Waals surface area (Å²) in [5, 5.41) is 0. The predicted octanol–water partition coefficient (Wildman–Crippen LogP) is 1.62. The lowest BCUT2D eigenvalue weighted by Crippen LogP contribution is -2.51. The van der Waals surface area contributed by atoms with Crippen LogP contribution in [0.15, 0.2) is 29.2 Å².